The molecule has 0 amide bonds. The van der Waals surface area contributed by atoms with Crippen LogP contribution in [-0.2, 0) is 0 Å². The molecule has 0 aromatic heterocycles. The Hall–Kier alpha value is -0.160. The zero-order valence-corrected chi connectivity index (χ0v) is 12.4. The van der Waals surface area contributed by atoms with Gasteiger partial charge in [0.15, 0.2) is 0 Å². The van der Waals surface area contributed by atoms with E-state index in [-0.39, 0.29) is 0 Å². The first-order chi connectivity index (χ1) is 8.65. The Labute approximate surface area is 112 Å². The van der Waals surface area contributed by atoms with Crippen LogP contribution >= 0.6 is 0 Å². The van der Waals surface area contributed by atoms with Gasteiger partial charge in [-0.3, -0.25) is 4.90 Å². The molecular formula is C14H30N4. The summed E-state index contributed by atoms with van der Waals surface area (Å²) in [5, 5.41) is 3.51. The average molecular weight is 254 g/mol. The number of hydrogen-bond donors (Lipinski definition) is 1. The van der Waals surface area contributed by atoms with Crippen molar-refractivity contribution >= 4 is 0 Å². The molecule has 0 aromatic carbocycles. The predicted molar refractivity (Wildman–Crippen MR) is 77.0 cm³/mol. The molecule has 0 spiro atoms. The summed E-state index contributed by atoms with van der Waals surface area (Å²) >= 11 is 0. The standard InChI is InChI=1S/C14H30N4/c1-13-10-15-11-14(13)12-18-8-6-17(7-9-18)5-4-16(2)3/h13-15H,4-12H2,1-3H3. The predicted octanol–water partition coefficient (Wildman–Crippen LogP) is 0.0211. The molecule has 0 saturated carbocycles. The van der Waals surface area contributed by atoms with Crippen molar-refractivity contribution in [3.8, 4) is 0 Å². The highest BCUT2D eigenvalue weighted by molar-refractivity contribution is 4.82. The lowest BCUT2D eigenvalue weighted by Crippen LogP contribution is -2.49. The van der Waals surface area contributed by atoms with Gasteiger partial charge in [-0.25, -0.2) is 0 Å². The van der Waals surface area contributed by atoms with Crippen LogP contribution in [0, 0.1) is 11.8 Å². The quantitative estimate of drug-likeness (QED) is 0.747. The number of piperazine rings is 1. The number of nitrogens with zero attached hydrogens (tertiary/aromatic N) is 3. The van der Waals surface area contributed by atoms with Gasteiger partial charge in [0.2, 0.25) is 0 Å². The Morgan fingerprint density at radius 3 is 2.28 bits per heavy atom. The van der Waals surface area contributed by atoms with Crippen molar-refractivity contribution in [3.05, 3.63) is 0 Å². The zero-order chi connectivity index (χ0) is 13.0. The van der Waals surface area contributed by atoms with Crippen molar-refractivity contribution in [2.45, 2.75) is 6.92 Å². The van der Waals surface area contributed by atoms with E-state index in [0.29, 0.717) is 0 Å². The molecule has 2 heterocycles. The van der Waals surface area contributed by atoms with Crippen molar-refractivity contribution in [1.82, 2.24) is 20.0 Å². The van der Waals surface area contributed by atoms with Crippen LogP contribution in [0.1, 0.15) is 6.92 Å². The summed E-state index contributed by atoms with van der Waals surface area (Å²) in [6, 6.07) is 0. The summed E-state index contributed by atoms with van der Waals surface area (Å²) < 4.78 is 0. The third kappa shape index (κ3) is 4.19. The Kier molecular flexibility index (Phi) is 5.42. The molecule has 4 nitrogen and oxygen atoms in total. The largest absolute Gasteiger partial charge is 0.316 e. The molecule has 2 aliphatic rings. The number of likely N-dealkylation sites (N-methyl/N-ethyl adjacent to an activating group) is 1. The summed E-state index contributed by atoms with van der Waals surface area (Å²) in [4.78, 5) is 7.55. The van der Waals surface area contributed by atoms with E-state index in [1.807, 2.05) is 0 Å². The van der Waals surface area contributed by atoms with E-state index in [9.17, 15) is 0 Å². The summed E-state index contributed by atoms with van der Waals surface area (Å²) in [6.07, 6.45) is 0. The molecule has 2 atom stereocenters. The molecule has 2 saturated heterocycles. The van der Waals surface area contributed by atoms with E-state index in [1.165, 1.54) is 58.9 Å². The summed E-state index contributed by atoms with van der Waals surface area (Å²) in [6.45, 7) is 13.6. The molecule has 18 heavy (non-hydrogen) atoms. The van der Waals surface area contributed by atoms with E-state index < -0.39 is 0 Å². The Balaban J connectivity index is 1.64. The minimum absolute atomic E-state index is 0.858. The molecule has 2 rings (SSSR count). The summed E-state index contributed by atoms with van der Waals surface area (Å²) in [5.41, 5.74) is 0. The highest BCUT2D eigenvalue weighted by Crippen LogP contribution is 2.17. The van der Waals surface area contributed by atoms with Gasteiger partial charge in [-0.05, 0) is 39.0 Å². The summed E-state index contributed by atoms with van der Waals surface area (Å²) in [5.74, 6) is 1.73. The van der Waals surface area contributed by atoms with Crippen LogP contribution in [0.4, 0.5) is 0 Å². The third-order valence-electron chi connectivity index (χ3n) is 4.50. The number of nitrogens with one attached hydrogen (secondary N) is 1. The first-order valence-electron chi connectivity index (χ1n) is 7.45. The molecular weight excluding hydrogens is 224 g/mol. The SMILES string of the molecule is CC1CNCC1CN1CCN(CCN(C)C)CC1. The smallest absolute Gasteiger partial charge is 0.0110 e. The fourth-order valence-electron chi connectivity index (χ4n) is 2.98. The van der Waals surface area contributed by atoms with Crippen molar-refractivity contribution < 1.29 is 0 Å². The molecule has 2 unspecified atom stereocenters. The number of rotatable bonds is 5. The highest BCUT2D eigenvalue weighted by atomic mass is 15.3. The van der Waals surface area contributed by atoms with Crippen LogP contribution < -0.4 is 5.32 Å². The summed E-state index contributed by atoms with van der Waals surface area (Å²) in [7, 11) is 4.31. The van der Waals surface area contributed by atoms with Crippen LogP contribution in [0.15, 0.2) is 0 Å². The van der Waals surface area contributed by atoms with Crippen molar-refractivity contribution in [2.24, 2.45) is 11.8 Å². The van der Waals surface area contributed by atoms with Gasteiger partial charge in [0, 0.05) is 45.8 Å². The van der Waals surface area contributed by atoms with Crippen LogP contribution in [0.25, 0.3) is 0 Å². The molecule has 4 heteroatoms. The minimum Gasteiger partial charge on any atom is -0.316 e. The normalized spacial score (nSPS) is 31.3. The van der Waals surface area contributed by atoms with Crippen LogP contribution in [0.2, 0.25) is 0 Å². The Morgan fingerprint density at radius 2 is 1.72 bits per heavy atom. The van der Waals surface area contributed by atoms with Gasteiger partial charge in [-0.15, -0.1) is 0 Å². The second-order valence-corrected chi connectivity index (χ2v) is 6.34. The van der Waals surface area contributed by atoms with E-state index >= 15 is 0 Å². The van der Waals surface area contributed by atoms with Crippen LogP contribution in [-0.4, -0.2) is 87.7 Å². The molecule has 0 aliphatic carbocycles. The molecule has 0 bridgehead atoms. The van der Waals surface area contributed by atoms with Gasteiger partial charge < -0.3 is 15.1 Å². The topological polar surface area (TPSA) is 21.8 Å². The highest BCUT2D eigenvalue weighted by Gasteiger charge is 2.26. The van der Waals surface area contributed by atoms with Gasteiger partial charge in [0.05, 0.1) is 0 Å². The van der Waals surface area contributed by atoms with Gasteiger partial charge in [-0.1, -0.05) is 6.92 Å². The molecule has 2 aliphatic heterocycles. The Bertz CT molecular complexity index is 236. The minimum atomic E-state index is 0.858. The van der Waals surface area contributed by atoms with E-state index in [0.717, 1.165) is 11.8 Å². The van der Waals surface area contributed by atoms with Gasteiger partial charge in [-0.2, -0.15) is 0 Å². The van der Waals surface area contributed by atoms with Crippen molar-refractivity contribution in [3.63, 3.8) is 0 Å². The molecule has 0 aromatic rings. The van der Waals surface area contributed by atoms with E-state index in [2.05, 4.69) is 41.0 Å². The molecule has 0 radical (unpaired) electrons. The third-order valence-corrected chi connectivity index (χ3v) is 4.50. The number of hydrogen-bond acceptors (Lipinski definition) is 4. The van der Waals surface area contributed by atoms with E-state index in [1.54, 1.807) is 0 Å². The van der Waals surface area contributed by atoms with Crippen LogP contribution in [0.3, 0.4) is 0 Å². The molecule has 2 fully saturated rings. The zero-order valence-electron chi connectivity index (χ0n) is 12.4. The lowest BCUT2D eigenvalue weighted by molar-refractivity contribution is 0.109. The van der Waals surface area contributed by atoms with Crippen LogP contribution in [0.5, 0.6) is 0 Å². The van der Waals surface area contributed by atoms with Gasteiger partial charge in [0.1, 0.15) is 0 Å². The molecule has 106 valence electrons. The Morgan fingerprint density at radius 1 is 1.06 bits per heavy atom. The van der Waals surface area contributed by atoms with Gasteiger partial charge >= 0.3 is 0 Å². The maximum absolute atomic E-state index is 3.51. The van der Waals surface area contributed by atoms with Crippen molar-refractivity contribution in [1.29, 1.82) is 0 Å². The first kappa shape index (κ1) is 14.3. The lowest BCUT2D eigenvalue weighted by Gasteiger charge is -2.36. The maximum Gasteiger partial charge on any atom is 0.0110 e. The fourth-order valence-corrected chi connectivity index (χ4v) is 2.98. The fraction of sp³-hybridized carbons (Fsp3) is 1.00. The van der Waals surface area contributed by atoms with E-state index in [4.69, 9.17) is 0 Å². The van der Waals surface area contributed by atoms with Gasteiger partial charge in [0.25, 0.3) is 0 Å². The molecule has 1 N–H and O–H groups in total. The average Bonchev–Trinajstić information content (AvgIpc) is 2.74. The maximum atomic E-state index is 3.51. The first-order valence-corrected chi connectivity index (χ1v) is 7.45. The second kappa shape index (κ2) is 6.85. The second-order valence-electron chi connectivity index (χ2n) is 6.34. The van der Waals surface area contributed by atoms with Crippen molar-refractivity contribution in [2.75, 3.05) is 73.0 Å². The monoisotopic (exact) mass is 254 g/mol. The lowest BCUT2D eigenvalue weighted by atomic mass is 9.97.